The van der Waals surface area contributed by atoms with Gasteiger partial charge in [0.1, 0.15) is 5.25 Å². The van der Waals surface area contributed by atoms with Crippen LogP contribution < -0.4 is 4.90 Å². The Kier molecular flexibility index (Phi) is 6.61. The number of rotatable bonds is 6. The molecule has 8 heteroatoms. The van der Waals surface area contributed by atoms with E-state index < -0.39 is 5.25 Å². The summed E-state index contributed by atoms with van der Waals surface area (Å²) in [6.45, 7) is 1.42. The summed E-state index contributed by atoms with van der Waals surface area (Å²) in [6, 6.07) is 31.2. The number of carbonyl (C=O) groups excluding carboxylic acids is 2. The van der Waals surface area contributed by atoms with Crippen LogP contribution in [0.2, 0.25) is 0 Å². The molecule has 1 fully saturated rings. The number of anilines is 1. The van der Waals surface area contributed by atoms with Crippen molar-refractivity contribution in [2.45, 2.75) is 12.2 Å². The fraction of sp³-hybridized carbons (Fsp3) is 0.0645. The molecule has 3 aromatic carbocycles. The quantitative estimate of drug-likeness (QED) is 0.253. The van der Waals surface area contributed by atoms with Crippen molar-refractivity contribution in [1.82, 2.24) is 15.2 Å². The number of nitrogens with zero attached hydrogens (tertiary/aromatic N) is 4. The number of carbonyl (C=O) groups is 2. The van der Waals surface area contributed by atoms with Gasteiger partial charge in [-0.3, -0.25) is 19.6 Å². The summed E-state index contributed by atoms with van der Waals surface area (Å²) in [5.41, 5.74) is 4.95. The number of ketones is 1. The van der Waals surface area contributed by atoms with E-state index in [2.05, 4.69) is 10.2 Å². The van der Waals surface area contributed by atoms with Gasteiger partial charge in [0.15, 0.2) is 22.4 Å². The van der Waals surface area contributed by atoms with E-state index in [-0.39, 0.29) is 11.7 Å². The first kappa shape index (κ1) is 24.5. The third kappa shape index (κ3) is 4.89. The van der Waals surface area contributed by atoms with Gasteiger partial charge < -0.3 is 0 Å². The first-order valence-electron chi connectivity index (χ1n) is 12.4. The standard InChI is InChI=1S/C31H23N5O2S/c1-20(37)27-30(38)36(24-15-9-4-10-16-24)31(39-27)33-29-26-25(22-13-7-3-8-14-22)19-23(32-28(26)34-35-29)18-17-21-11-5-2-6-12-21/h2-19,27H,1H3,(H,32,34,35)/b18-17+,33-31?. The Morgan fingerprint density at radius 3 is 2.31 bits per heavy atom. The number of thioether (sulfide) groups is 1. The molecule has 1 atom stereocenters. The summed E-state index contributed by atoms with van der Waals surface area (Å²) >= 11 is 1.14. The number of amidine groups is 1. The molecule has 39 heavy (non-hydrogen) atoms. The number of nitrogens with one attached hydrogen (secondary N) is 1. The van der Waals surface area contributed by atoms with Crippen LogP contribution in [0.15, 0.2) is 102 Å². The van der Waals surface area contributed by atoms with Crippen molar-refractivity contribution >= 4 is 63.3 Å². The van der Waals surface area contributed by atoms with E-state index in [0.29, 0.717) is 22.3 Å². The fourth-order valence-electron chi connectivity index (χ4n) is 4.45. The van der Waals surface area contributed by atoms with E-state index in [1.54, 1.807) is 0 Å². The molecule has 0 bridgehead atoms. The van der Waals surface area contributed by atoms with Gasteiger partial charge in [-0.1, -0.05) is 96.7 Å². The van der Waals surface area contributed by atoms with Crippen LogP contribution in [0, 0.1) is 0 Å². The van der Waals surface area contributed by atoms with E-state index in [0.717, 1.165) is 39.5 Å². The van der Waals surface area contributed by atoms with Crippen molar-refractivity contribution < 1.29 is 9.59 Å². The van der Waals surface area contributed by atoms with Gasteiger partial charge in [0.05, 0.1) is 16.8 Å². The van der Waals surface area contributed by atoms with E-state index in [1.807, 2.05) is 109 Å². The highest BCUT2D eigenvalue weighted by Crippen LogP contribution is 2.38. The van der Waals surface area contributed by atoms with Gasteiger partial charge >= 0.3 is 0 Å². The fourth-order valence-corrected chi connectivity index (χ4v) is 5.47. The Morgan fingerprint density at radius 2 is 1.62 bits per heavy atom. The van der Waals surface area contributed by atoms with Crippen LogP contribution in [0.25, 0.3) is 34.3 Å². The van der Waals surface area contributed by atoms with Crippen LogP contribution in [0.4, 0.5) is 11.5 Å². The average molecular weight is 530 g/mol. The summed E-state index contributed by atoms with van der Waals surface area (Å²) in [4.78, 5) is 36.6. The number of H-pyrrole nitrogens is 1. The second-order valence-corrected chi connectivity index (χ2v) is 10.1. The van der Waals surface area contributed by atoms with E-state index in [1.165, 1.54) is 11.8 Å². The molecule has 7 nitrogen and oxygen atoms in total. The predicted octanol–water partition coefficient (Wildman–Crippen LogP) is 6.52. The summed E-state index contributed by atoms with van der Waals surface area (Å²) in [5, 5.41) is 7.80. The Balaban J connectivity index is 1.49. The van der Waals surface area contributed by atoms with Crippen LogP contribution in [-0.4, -0.2) is 37.3 Å². The van der Waals surface area contributed by atoms with E-state index >= 15 is 0 Å². The maximum Gasteiger partial charge on any atom is 0.254 e. The van der Waals surface area contributed by atoms with Crippen molar-refractivity contribution in [2.24, 2.45) is 4.99 Å². The molecule has 3 heterocycles. The third-order valence-electron chi connectivity index (χ3n) is 6.31. The Labute approximate surface area is 229 Å². The summed E-state index contributed by atoms with van der Waals surface area (Å²) in [6.07, 6.45) is 3.98. The first-order chi connectivity index (χ1) is 19.1. The van der Waals surface area contributed by atoms with Gasteiger partial charge in [0.25, 0.3) is 5.91 Å². The monoisotopic (exact) mass is 529 g/mol. The topological polar surface area (TPSA) is 91.3 Å². The van der Waals surface area contributed by atoms with Crippen molar-refractivity contribution in [3.8, 4) is 11.1 Å². The molecule has 0 radical (unpaired) electrons. The summed E-state index contributed by atoms with van der Waals surface area (Å²) < 4.78 is 0. The molecular formula is C31H23N5O2S. The number of amides is 1. The number of para-hydroxylation sites is 1. The SMILES string of the molecule is CC(=O)C1SC(=Nc2n[nH]c3nc(/C=C/c4ccccc4)cc(-c4ccccc4)c23)N(c2ccccc2)C1=O. The van der Waals surface area contributed by atoms with Gasteiger partial charge in [-0.05, 0) is 47.9 Å². The van der Waals surface area contributed by atoms with Crippen molar-refractivity contribution in [2.75, 3.05) is 4.90 Å². The van der Waals surface area contributed by atoms with Crippen molar-refractivity contribution in [3.63, 3.8) is 0 Å². The van der Waals surface area contributed by atoms with Gasteiger partial charge in [-0.25, -0.2) is 9.98 Å². The molecule has 2 aromatic heterocycles. The summed E-state index contributed by atoms with van der Waals surface area (Å²) in [7, 11) is 0. The maximum absolute atomic E-state index is 13.2. The lowest BCUT2D eigenvalue weighted by Crippen LogP contribution is -2.34. The number of pyridine rings is 1. The van der Waals surface area contributed by atoms with Crippen LogP contribution in [0.1, 0.15) is 18.2 Å². The molecule has 1 aliphatic heterocycles. The van der Waals surface area contributed by atoms with Crippen LogP contribution in [0.5, 0.6) is 0 Å². The van der Waals surface area contributed by atoms with E-state index in [4.69, 9.17) is 9.98 Å². The van der Waals surface area contributed by atoms with Gasteiger partial charge in [0.2, 0.25) is 0 Å². The zero-order chi connectivity index (χ0) is 26.8. The second kappa shape index (κ2) is 10.5. The number of Topliss-reactive ketones (excluding diaryl/α,β-unsaturated/α-hetero) is 1. The molecule has 0 aliphatic carbocycles. The molecule has 1 unspecified atom stereocenters. The largest absolute Gasteiger partial charge is 0.298 e. The molecule has 6 rings (SSSR count). The van der Waals surface area contributed by atoms with Crippen molar-refractivity contribution in [3.05, 3.63) is 108 Å². The minimum Gasteiger partial charge on any atom is -0.298 e. The predicted molar refractivity (Wildman–Crippen MR) is 158 cm³/mol. The van der Waals surface area contributed by atoms with Crippen LogP contribution >= 0.6 is 11.8 Å². The Bertz CT molecular complexity index is 1730. The summed E-state index contributed by atoms with van der Waals surface area (Å²) in [5.74, 6) is -0.132. The number of hydrogen-bond donors (Lipinski definition) is 1. The molecule has 1 saturated heterocycles. The molecule has 5 aromatic rings. The molecular weight excluding hydrogens is 506 g/mol. The van der Waals surface area contributed by atoms with Crippen LogP contribution in [-0.2, 0) is 9.59 Å². The highest BCUT2D eigenvalue weighted by Gasteiger charge is 2.42. The highest BCUT2D eigenvalue weighted by molar-refractivity contribution is 8.16. The van der Waals surface area contributed by atoms with Gasteiger partial charge in [-0.15, -0.1) is 0 Å². The molecule has 0 spiro atoms. The Hall–Kier alpha value is -4.82. The lowest BCUT2D eigenvalue weighted by atomic mass is 10.0. The number of benzene rings is 3. The molecule has 1 aliphatic rings. The zero-order valence-electron chi connectivity index (χ0n) is 21.0. The smallest absolute Gasteiger partial charge is 0.254 e. The molecule has 190 valence electrons. The normalized spacial score (nSPS) is 16.5. The number of hydrogen-bond acceptors (Lipinski definition) is 6. The number of aromatic nitrogens is 3. The number of fused-ring (bicyclic) bond motifs is 1. The zero-order valence-corrected chi connectivity index (χ0v) is 21.8. The van der Waals surface area contributed by atoms with Crippen molar-refractivity contribution in [1.29, 1.82) is 0 Å². The highest BCUT2D eigenvalue weighted by atomic mass is 32.2. The lowest BCUT2D eigenvalue weighted by molar-refractivity contribution is -0.124. The van der Waals surface area contributed by atoms with Crippen LogP contribution in [0.3, 0.4) is 0 Å². The second-order valence-electron chi connectivity index (χ2n) is 8.99. The number of aromatic amines is 1. The average Bonchev–Trinajstić information content (AvgIpc) is 3.53. The van der Waals surface area contributed by atoms with E-state index in [9.17, 15) is 9.59 Å². The first-order valence-corrected chi connectivity index (χ1v) is 13.3. The molecule has 1 N–H and O–H groups in total. The lowest BCUT2D eigenvalue weighted by Gasteiger charge is -2.16. The molecule has 1 amide bonds. The molecule has 0 saturated carbocycles. The minimum atomic E-state index is -0.851. The maximum atomic E-state index is 13.2. The van der Waals surface area contributed by atoms with Gasteiger partial charge in [-0.2, -0.15) is 5.10 Å². The third-order valence-corrected chi connectivity index (χ3v) is 7.56. The number of aliphatic imine (C=N–C) groups is 1. The van der Waals surface area contributed by atoms with Gasteiger partial charge in [0, 0.05) is 0 Å². The minimum absolute atomic E-state index is 0.218. The Morgan fingerprint density at radius 1 is 0.949 bits per heavy atom.